The third-order valence-electron chi connectivity index (χ3n) is 13.3. The van der Waals surface area contributed by atoms with Gasteiger partial charge in [-0.3, -0.25) is 4.79 Å². The van der Waals surface area contributed by atoms with Crippen LogP contribution in [0.15, 0.2) is 24.3 Å². The third kappa shape index (κ3) is 46.8. The summed E-state index contributed by atoms with van der Waals surface area (Å²) in [6.45, 7) is 4.22. The first kappa shape index (κ1) is 60.8. The van der Waals surface area contributed by atoms with Gasteiger partial charge in [-0.05, 0) is 44.9 Å². The third-order valence-corrected chi connectivity index (χ3v) is 13.3. The number of carbonyl (C=O) groups excluding carboxylic acids is 1. The van der Waals surface area contributed by atoms with Crippen molar-refractivity contribution >= 4 is 5.91 Å². The Labute approximate surface area is 388 Å². The Morgan fingerprint density at radius 2 is 0.645 bits per heavy atom. The minimum Gasteiger partial charge on any atom is -0.394 e. The number of aliphatic hydroxyl groups excluding tert-OH is 3. The van der Waals surface area contributed by atoms with Crippen LogP contribution in [0.4, 0.5) is 0 Å². The van der Waals surface area contributed by atoms with Gasteiger partial charge in [0.15, 0.2) is 0 Å². The smallest absolute Gasteiger partial charge is 0.249 e. The average molecular weight is 875 g/mol. The van der Waals surface area contributed by atoms with E-state index < -0.39 is 24.2 Å². The van der Waals surface area contributed by atoms with Gasteiger partial charge in [-0.1, -0.05) is 289 Å². The molecule has 1 amide bonds. The summed E-state index contributed by atoms with van der Waals surface area (Å²) in [5, 5.41) is 33.4. The Kier molecular flexibility index (Phi) is 51.5. The van der Waals surface area contributed by atoms with Crippen LogP contribution in [-0.4, -0.2) is 46.1 Å². The van der Waals surface area contributed by atoms with Gasteiger partial charge >= 0.3 is 0 Å². The van der Waals surface area contributed by atoms with Crippen molar-refractivity contribution in [2.45, 2.75) is 327 Å². The van der Waals surface area contributed by atoms with Gasteiger partial charge in [0.1, 0.15) is 6.10 Å². The fraction of sp³-hybridized carbons (Fsp3) is 0.912. The van der Waals surface area contributed by atoms with Gasteiger partial charge in [-0.15, -0.1) is 0 Å². The summed E-state index contributed by atoms with van der Waals surface area (Å²) in [5.74, 6) is -0.502. The molecular weight excluding hydrogens is 763 g/mol. The first-order valence-electron chi connectivity index (χ1n) is 28.2. The maximum Gasteiger partial charge on any atom is 0.249 e. The van der Waals surface area contributed by atoms with Crippen molar-refractivity contribution in [3.8, 4) is 0 Å². The second kappa shape index (κ2) is 52.5. The van der Waals surface area contributed by atoms with E-state index in [1.807, 2.05) is 6.08 Å². The van der Waals surface area contributed by atoms with Gasteiger partial charge in [-0.2, -0.15) is 0 Å². The average Bonchev–Trinajstić information content (AvgIpc) is 3.28. The van der Waals surface area contributed by atoms with Gasteiger partial charge in [0.2, 0.25) is 5.91 Å². The summed E-state index contributed by atoms with van der Waals surface area (Å²) in [7, 11) is 0. The lowest BCUT2D eigenvalue weighted by Gasteiger charge is -2.21. The van der Waals surface area contributed by atoms with Gasteiger partial charge < -0.3 is 20.6 Å². The quantitative estimate of drug-likeness (QED) is 0.0362. The van der Waals surface area contributed by atoms with Gasteiger partial charge in [0.05, 0.1) is 18.8 Å². The number of hydrogen-bond donors (Lipinski definition) is 4. The Morgan fingerprint density at radius 3 is 0.935 bits per heavy atom. The molecular formula is C57H111NO4. The Balaban J connectivity index is 3.57. The van der Waals surface area contributed by atoms with E-state index in [2.05, 4.69) is 31.3 Å². The lowest BCUT2D eigenvalue weighted by molar-refractivity contribution is -0.131. The van der Waals surface area contributed by atoms with Gasteiger partial charge in [0, 0.05) is 0 Å². The molecule has 3 unspecified atom stereocenters. The van der Waals surface area contributed by atoms with E-state index >= 15 is 0 Å². The fourth-order valence-corrected chi connectivity index (χ4v) is 8.89. The Hall–Kier alpha value is -1.17. The van der Waals surface area contributed by atoms with Crippen molar-refractivity contribution in [3.05, 3.63) is 24.3 Å². The highest BCUT2D eigenvalue weighted by atomic mass is 16.3. The highest BCUT2D eigenvalue weighted by Gasteiger charge is 2.22. The Bertz CT molecular complexity index is 920. The molecule has 0 aromatic heterocycles. The van der Waals surface area contributed by atoms with Crippen LogP contribution in [0.2, 0.25) is 0 Å². The normalized spacial score (nSPS) is 13.4. The molecule has 5 nitrogen and oxygen atoms in total. The van der Waals surface area contributed by atoms with Crippen LogP contribution in [-0.2, 0) is 4.79 Å². The molecule has 0 saturated carbocycles. The van der Waals surface area contributed by atoms with Crippen LogP contribution in [0.1, 0.15) is 309 Å². The number of aliphatic hydroxyl groups is 3. The molecule has 0 aromatic rings. The van der Waals surface area contributed by atoms with E-state index in [1.54, 1.807) is 6.08 Å². The van der Waals surface area contributed by atoms with Crippen molar-refractivity contribution in [2.24, 2.45) is 0 Å². The predicted octanol–water partition coefficient (Wildman–Crippen LogP) is 17.3. The molecule has 0 bridgehead atoms. The summed E-state index contributed by atoms with van der Waals surface area (Å²) in [6.07, 6.45) is 66.8. The summed E-state index contributed by atoms with van der Waals surface area (Å²) in [6, 6.07) is -0.799. The SMILES string of the molecule is CCCCCCCCCCCCCC/C=C\CCCCCCCCCC(O)C(=O)NC(CO)C(O)/C=C/CCCCCCCCCCCCCCCCCCCCCCCCC. The molecule has 4 N–H and O–H groups in total. The molecule has 0 spiro atoms. The largest absolute Gasteiger partial charge is 0.394 e. The van der Waals surface area contributed by atoms with E-state index in [9.17, 15) is 20.1 Å². The van der Waals surface area contributed by atoms with Crippen LogP contribution in [0.3, 0.4) is 0 Å². The van der Waals surface area contributed by atoms with E-state index in [1.165, 1.54) is 257 Å². The lowest BCUT2D eigenvalue weighted by atomic mass is 10.0. The minimum absolute atomic E-state index is 0.362. The summed E-state index contributed by atoms with van der Waals surface area (Å²) in [5.41, 5.74) is 0. The first-order valence-corrected chi connectivity index (χ1v) is 28.2. The van der Waals surface area contributed by atoms with Gasteiger partial charge in [0.25, 0.3) is 0 Å². The standard InChI is InChI=1S/C57H111NO4/c1-3-5-7-9-11-13-15-17-19-21-23-25-27-28-30-31-33-35-37-39-41-43-45-47-49-51-55(60)54(53-59)58-57(62)56(61)52-50-48-46-44-42-40-38-36-34-32-29-26-24-22-20-18-16-14-12-10-8-6-4-2/h32,34,49,51,54-56,59-61H,3-31,33,35-48,50,52-53H2,1-2H3,(H,58,62)/b34-32-,51-49+. The summed E-state index contributed by atoms with van der Waals surface area (Å²) in [4.78, 5) is 12.5. The number of rotatable bonds is 52. The van der Waals surface area contributed by atoms with Crippen molar-refractivity contribution in [2.75, 3.05) is 6.61 Å². The summed E-state index contributed by atoms with van der Waals surface area (Å²) < 4.78 is 0. The molecule has 368 valence electrons. The molecule has 0 aromatic carbocycles. The molecule has 62 heavy (non-hydrogen) atoms. The fourth-order valence-electron chi connectivity index (χ4n) is 8.89. The molecule has 0 rings (SSSR count). The highest BCUT2D eigenvalue weighted by molar-refractivity contribution is 5.80. The number of hydrogen-bond acceptors (Lipinski definition) is 4. The van der Waals surface area contributed by atoms with Crippen molar-refractivity contribution in [3.63, 3.8) is 0 Å². The number of carbonyl (C=O) groups is 1. The van der Waals surface area contributed by atoms with E-state index in [0.717, 1.165) is 32.1 Å². The first-order chi connectivity index (χ1) is 30.6. The van der Waals surface area contributed by atoms with Crippen molar-refractivity contribution < 1.29 is 20.1 Å². The minimum atomic E-state index is -1.10. The predicted molar refractivity (Wildman–Crippen MR) is 273 cm³/mol. The number of unbranched alkanes of at least 4 members (excludes halogenated alkanes) is 42. The number of allylic oxidation sites excluding steroid dienone is 3. The zero-order chi connectivity index (χ0) is 45.1. The molecule has 0 radical (unpaired) electrons. The molecule has 0 aliphatic heterocycles. The second-order valence-corrected chi connectivity index (χ2v) is 19.5. The highest BCUT2D eigenvalue weighted by Crippen LogP contribution is 2.17. The van der Waals surface area contributed by atoms with Gasteiger partial charge in [-0.25, -0.2) is 0 Å². The maximum absolute atomic E-state index is 12.5. The second-order valence-electron chi connectivity index (χ2n) is 19.5. The van der Waals surface area contributed by atoms with Crippen LogP contribution < -0.4 is 5.32 Å². The Morgan fingerprint density at radius 1 is 0.387 bits per heavy atom. The van der Waals surface area contributed by atoms with Crippen molar-refractivity contribution in [1.29, 1.82) is 0 Å². The maximum atomic E-state index is 12.5. The van der Waals surface area contributed by atoms with Crippen LogP contribution in [0, 0.1) is 0 Å². The molecule has 0 aliphatic carbocycles. The van der Waals surface area contributed by atoms with Crippen LogP contribution in [0.25, 0.3) is 0 Å². The summed E-state index contributed by atoms with van der Waals surface area (Å²) >= 11 is 0. The number of nitrogens with one attached hydrogen (secondary N) is 1. The zero-order valence-corrected chi connectivity index (χ0v) is 42.0. The van der Waals surface area contributed by atoms with Crippen LogP contribution >= 0.6 is 0 Å². The molecule has 5 heteroatoms. The lowest BCUT2D eigenvalue weighted by Crippen LogP contribution is -2.48. The van der Waals surface area contributed by atoms with E-state index in [4.69, 9.17) is 0 Å². The molecule has 0 saturated heterocycles. The number of amides is 1. The molecule has 3 atom stereocenters. The molecule has 0 aliphatic rings. The molecule has 0 fully saturated rings. The monoisotopic (exact) mass is 874 g/mol. The van der Waals surface area contributed by atoms with E-state index in [-0.39, 0.29) is 6.61 Å². The van der Waals surface area contributed by atoms with Crippen LogP contribution in [0.5, 0.6) is 0 Å². The van der Waals surface area contributed by atoms with E-state index in [0.29, 0.717) is 6.42 Å². The topological polar surface area (TPSA) is 89.8 Å². The molecule has 0 heterocycles. The van der Waals surface area contributed by atoms with Crippen molar-refractivity contribution in [1.82, 2.24) is 5.32 Å². The zero-order valence-electron chi connectivity index (χ0n) is 42.0.